The first-order valence-corrected chi connectivity index (χ1v) is 28.1. The van der Waals surface area contributed by atoms with Crippen LogP contribution in [0.25, 0.3) is 0 Å². The number of carbonyl (C=O) groups is 2. The van der Waals surface area contributed by atoms with Crippen molar-refractivity contribution in [2.75, 3.05) is 25.2 Å². The number of hydrogen-bond donors (Lipinski definition) is 0. The maximum Gasteiger partial charge on any atom is 0.397 e. The first-order valence-electron chi connectivity index (χ1n) is 18.4. The molecule has 1 aliphatic carbocycles. The van der Waals surface area contributed by atoms with Crippen molar-refractivity contribution in [1.82, 2.24) is 0 Å². The quantitative estimate of drug-likeness (QED) is 0.0839. The summed E-state index contributed by atoms with van der Waals surface area (Å²) in [5, 5.41) is 1.12. The number of esters is 1. The minimum atomic E-state index is -4.54. The summed E-state index contributed by atoms with van der Waals surface area (Å²) in [5.41, 5.74) is 0.493. The molecule has 1 saturated carbocycles. The Bertz CT molecular complexity index is 1260. The molecular weight excluding hydrogens is 704 g/mol. The van der Waals surface area contributed by atoms with Crippen LogP contribution in [-0.4, -0.2) is 84.8 Å². The van der Waals surface area contributed by atoms with Crippen LogP contribution in [0, 0.1) is 5.92 Å². The van der Waals surface area contributed by atoms with E-state index in [1.165, 1.54) is 7.05 Å². The third-order valence-electron chi connectivity index (χ3n) is 10.9. The molecule has 0 spiro atoms. The predicted octanol–water partition coefficient (Wildman–Crippen LogP) is 7.53. The number of fused-ring (bicyclic) bond motifs is 1. The average molecular weight is 762 g/mol. The Labute approximate surface area is 296 Å². The van der Waals surface area contributed by atoms with Gasteiger partial charge in [-0.3, -0.25) is 9.59 Å². The highest BCUT2D eigenvalue weighted by atomic mass is 28.5. The van der Waals surface area contributed by atoms with Gasteiger partial charge < -0.3 is 27.0 Å². The second-order valence-corrected chi connectivity index (χ2v) is 30.6. The van der Waals surface area contributed by atoms with Crippen LogP contribution >= 0.6 is 0 Å². The van der Waals surface area contributed by atoms with E-state index in [1.54, 1.807) is 6.07 Å². The lowest BCUT2D eigenvalue weighted by molar-refractivity contribution is -0.152. The Morgan fingerprint density at radius 1 is 1.06 bits per heavy atom. The van der Waals surface area contributed by atoms with Gasteiger partial charge in [-0.05, 0) is 80.5 Å². The van der Waals surface area contributed by atoms with Gasteiger partial charge in [-0.1, -0.05) is 63.6 Å². The molecule has 2 aliphatic heterocycles. The number of ether oxygens (including phenoxy) is 2. The van der Waals surface area contributed by atoms with Gasteiger partial charge >= 0.3 is 30.0 Å². The van der Waals surface area contributed by atoms with Crippen LogP contribution in [0.5, 0.6) is 0 Å². The smallest absolute Gasteiger partial charge is 0.397 e. The molecule has 0 radical (unpaired) electrons. The highest BCUT2D eigenvalue weighted by Gasteiger charge is 2.47. The summed E-state index contributed by atoms with van der Waals surface area (Å²) < 4.78 is 70.9. The van der Waals surface area contributed by atoms with Gasteiger partial charge in [0.05, 0.1) is 32.8 Å². The molecule has 2 heterocycles. The fourth-order valence-corrected chi connectivity index (χ4v) is 25.8. The van der Waals surface area contributed by atoms with Crippen LogP contribution < -0.4 is 10.1 Å². The summed E-state index contributed by atoms with van der Waals surface area (Å²) in [4.78, 5) is 26.1. The summed E-state index contributed by atoms with van der Waals surface area (Å²) in [7, 11) is -7.45. The van der Waals surface area contributed by atoms with Crippen molar-refractivity contribution in [1.29, 1.82) is 0 Å². The van der Waals surface area contributed by atoms with Crippen molar-refractivity contribution in [3.63, 3.8) is 0 Å². The number of hydrogen-bond acceptors (Lipinski definition) is 7. The van der Waals surface area contributed by atoms with Gasteiger partial charge in [-0.2, -0.15) is 13.2 Å². The molecule has 1 aromatic rings. The van der Waals surface area contributed by atoms with Crippen molar-refractivity contribution in [3.05, 3.63) is 24.3 Å². The standard InChI is InChI=1S/C34H58F3NO7Si4/c1-7-46-44-48(8-2,23-22-47(5,6)29-15-12-14-28(25-29)38(4)32(39)26-34(35,36)37)20-11-10-19-42-49(9-3,45-46)21-13-18-41-33(40)27-16-17-30-31(24-27)43-30/h12,14-15,25,27,30-31,46H,7-11,13,16-24,26H2,1-6H3. The molecule has 8 nitrogen and oxygen atoms in total. The van der Waals surface area contributed by atoms with Crippen molar-refractivity contribution in [2.45, 2.75) is 140 Å². The maximum absolute atomic E-state index is 12.9. The molecule has 278 valence electrons. The van der Waals surface area contributed by atoms with Crippen LogP contribution in [-0.2, 0) is 31.7 Å². The molecule has 15 heteroatoms. The van der Waals surface area contributed by atoms with E-state index < -0.39 is 52.7 Å². The van der Waals surface area contributed by atoms with Crippen LogP contribution in [0.3, 0.4) is 0 Å². The number of epoxide rings is 1. The zero-order valence-corrected chi connectivity index (χ0v) is 34.5. The largest absolute Gasteiger partial charge is 0.465 e. The second kappa shape index (κ2) is 17.5. The zero-order valence-electron chi connectivity index (χ0n) is 30.4. The van der Waals surface area contributed by atoms with Crippen molar-refractivity contribution < 1.29 is 44.9 Å². The topological polar surface area (TPSA) is 86.8 Å². The predicted molar refractivity (Wildman–Crippen MR) is 196 cm³/mol. The summed E-state index contributed by atoms with van der Waals surface area (Å²) in [6.45, 7) is 12.2. The fourth-order valence-electron chi connectivity index (χ4n) is 7.23. The monoisotopic (exact) mass is 761 g/mol. The van der Waals surface area contributed by atoms with Gasteiger partial charge in [0, 0.05) is 19.3 Å². The number of nitrogens with zero attached hydrogens (tertiary/aromatic N) is 1. The number of amides is 1. The Kier molecular flexibility index (Phi) is 14.4. The lowest BCUT2D eigenvalue weighted by Crippen LogP contribution is -2.53. The molecule has 0 aromatic heterocycles. The molecule has 0 bridgehead atoms. The average Bonchev–Trinajstić information content (AvgIpc) is 3.86. The molecule has 6 unspecified atom stereocenters. The highest BCUT2D eigenvalue weighted by molar-refractivity contribution is 6.91. The SMILES string of the molecule is CC[SiH]1O[Si](CC)(CC[Si](C)(C)c2cccc(N(C)C(=O)CC(F)(F)F)c2)CCCCO[Si](CC)(CCCOC(=O)C2CCC3OC3C2)O1. The van der Waals surface area contributed by atoms with Crippen LogP contribution in [0.1, 0.15) is 65.7 Å². The number of carbonyl (C=O) groups excluding carboxylic acids is 2. The lowest BCUT2D eigenvalue weighted by atomic mass is 9.89. The number of benzene rings is 1. The Hall–Kier alpha value is -1.34. The molecule has 2 saturated heterocycles. The van der Waals surface area contributed by atoms with E-state index >= 15 is 0 Å². The first kappa shape index (κ1) is 40.4. The highest BCUT2D eigenvalue weighted by Crippen LogP contribution is 2.40. The molecule has 49 heavy (non-hydrogen) atoms. The molecule has 1 aromatic carbocycles. The van der Waals surface area contributed by atoms with E-state index in [-0.39, 0.29) is 18.0 Å². The van der Waals surface area contributed by atoms with E-state index in [0.717, 1.165) is 90.9 Å². The van der Waals surface area contributed by atoms with Gasteiger partial charge in [-0.25, -0.2) is 0 Å². The van der Waals surface area contributed by atoms with E-state index in [1.807, 2.05) is 12.1 Å². The van der Waals surface area contributed by atoms with Gasteiger partial charge in [0.1, 0.15) is 6.42 Å². The third-order valence-corrected chi connectivity index (χ3v) is 27.9. The molecule has 6 atom stereocenters. The maximum atomic E-state index is 12.9. The normalized spacial score (nSPS) is 29.5. The molecule has 0 N–H and O–H groups in total. The molecule has 1 amide bonds. The summed E-state index contributed by atoms with van der Waals surface area (Å²) in [5.74, 6) is -1.11. The van der Waals surface area contributed by atoms with Gasteiger partial charge in [0.2, 0.25) is 5.91 Å². The summed E-state index contributed by atoms with van der Waals surface area (Å²) in [6.07, 6.45) is -0.101. The fraction of sp³-hybridized carbons (Fsp3) is 0.765. The molecule has 4 rings (SSSR count). The van der Waals surface area contributed by atoms with Crippen molar-refractivity contribution in [3.8, 4) is 0 Å². The lowest BCUT2D eigenvalue weighted by Gasteiger charge is -2.41. The minimum Gasteiger partial charge on any atom is -0.465 e. The van der Waals surface area contributed by atoms with Crippen molar-refractivity contribution in [2.24, 2.45) is 5.92 Å². The molecular formula is C34H58F3NO7Si4. The Balaban J connectivity index is 1.38. The third kappa shape index (κ3) is 11.6. The zero-order chi connectivity index (χ0) is 35.9. The second-order valence-electron chi connectivity index (χ2n) is 14.9. The molecule has 3 fully saturated rings. The van der Waals surface area contributed by atoms with Crippen LogP contribution in [0.4, 0.5) is 18.9 Å². The van der Waals surface area contributed by atoms with E-state index in [4.69, 9.17) is 22.1 Å². The van der Waals surface area contributed by atoms with Gasteiger partial charge in [0.25, 0.3) is 0 Å². The number of alkyl halides is 3. The Morgan fingerprint density at radius 3 is 2.51 bits per heavy atom. The van der Waals surface area contributed by atoms with E-state index in [2.05, 4.69) is 39.9 Å². The van der Waals surface area contributed by atoms with Crippen LogP contribution in [0.15, 0.2) is 24.3 Å². The summed E-state index contributed by atoms with van der Waals surface area (Å²) >= 11 is 0. The van der Waals surface area contributed by atoms with E-state index in [0.29, 0.717) is 25.0 Å². The first-order chi connectivity index (χ1) is 23.1. The molecule has 3 aliphatic rings. The van der Waals surface area contributed by atoms with Crippen LogP contribution in [0.2, 0.25) is 55.4 Å². The number of anilines is 1. The van der Waals surface area contributed by atoms with E-state index in [9.17, 15) is 22.8 Å². The van der Waals surface area contributed by atoms with Crippen molar-refractivity contribution >= 4 is 57.0 Å². The van der Waals surface area contributed by atoms with Gasteiger partial charge in [-0.15, -0.1) is 0 Å². The number of halogens is 3. The number of rotatable bonds is 14. The Morgan fingerprint density at radius 2 is 1.84 bits per heavy atom. The van der Waals surface area contributed by atoms with Gasteiger partial charge in [0.15, 0.2) is 8.32 Å². The summed E-state index contributed by atoms with van der Waals surface area (Å²) in [6, 6.07) is 14.0. The minimum absolute atomic E-state index is 0.0505.